The highest BCUT2D eigenvalue weighted by Gasteiger charge is 2.12. The van der Waals surface area contributed by atoms with Crippen LogP contribution in [0.1, 0.15) is 17.4 Å². The summed E-state index contributed by atoms with van der Waals surface area (Å²) in [5.41, 5.74) is 1.25. The van der Waals surface area contributed by atoms with E-state index >= 15 is 0 Å². The van der Waals surface area contributed by atoms with Crippen molar-refractivity contribution in [3.05, 3.63) is 46.5 Å². The molecule has 1 atom stereocenters. The number of aromatic nitrogens is 3. The quantitative estimate of drug-likeness (QED) is 0.902. The molecule has 1 aromatic heterocycles. The van der Waals surface area contributed by atoms with Crippen LogP contribution in [-0.2, 0) is 6.42 Å². The highest BCUT2D eigenvalue weighted by atomic mass is 79.9. The maximum absolute atomic E-state index is 4.17. The summed E-state index contributed by atoms with van der Waals surface area (Å²) in [6.45, 7) is 0. The van der Waals surface area contributed by atoms with Crippen molar-refractivity contribution in [1.29, 1.82) is 0 Å². The lowest BCUT2D eigenvalue weighted by molar-refractivity contribution is 0.559. The lowest BCUT2D eigenvalue weighted by Crippen LogP contribution is -2.20. The van der Waals surface area contributed by atoms with Crippen LogP contribution in [0, 0.1) is 0 Å². The Morgan fingerprint density at radius 1 is 1.50 bits per heavy atom. The van der Waals surface area contributed by atoms with Crippen LogP contribution in [0.4, 0.5) is 0 Å². The van der Waals surface area contributed by atoms with E-state index in [9.17, 15) is 0 Å². The normalized spacial score (nSPS) is 12.6. The molecule has 0 saturated heterocycles. The Kier molecular flexibility index (Phi) is 3.69. The van der Waals surface area contributed by atoms with Gasteiger partial charge in [-0.2, -0.15) is 5.10 Å². The van der Waals surface area contributed by atoms with E-state index in [1.165, 1.54) is 11.9 Å². The van der Waals surface area contributed by atoms with Crippen molar-refractivity contribution in [2.24, 2.45) is 0 Å². The van der Waals surface area contributed by atoms with Crippen LogP contribution in [-0.4, -0.2) is 22.2 Å². The van der Waals surface area contributed by atoms with E-state index in [0.29, 0.717) is 0 Å². The molecule has 0 aliphatic carbocycles. The van der Waals surface area contributed by atoms with Crippen molar-refractivity contribution in [2.75, 3.05) is 7.05 Å². The number of benzene rings is 1. The summed E-state index contributed by atoms with van der Waals surface area (Å²) in [4.78, 5) is 4.17. The minimum atomic E-state index is 0.164. The topological polar surface area (TPSA) is 53.6 Å². The molecule has 0 saturated carbocycles. The fourth-order valence-corrected chi connectivity index (χ4v) is 2.06. The van der Waals surface area contributed by atoms with Crippen molar-refractivity contribution in [3.63, 3.8) is 0 Å². The molecule has 0 amide bonds. The maximum Gasteiger partial charge on any atom is 0.141 e. The molecule has 5 heteroatoms. The van der Waals surface area contributed by atoms with Crippen LogP contribution in [0.3, 0.4) is 0 Å². The first-order chi connectivity index (χ1) is 7.79. The third-order valence-corrected chi connectivity index (χ3v) is 2.93. The van der Waals surface area contributed by atoms with Crippen LogP contribution in [0.2, 0.25) is 0 Å². The van der Waals surface area contributed by atoms with Crippen LogP contribution >= 0.6 is 15.9 Å². The fraction of sp³-hybridized carbons (Fsp3) is 0.273. The molecule has 0 fully saturated rings. The summed E-state index contributed by atoms with van der Waals surface area (Å²) in [5, 5.41) is 9.98. The van der Waals surface area contributed by atoms with Crippen LogP contribution in [0.5, 0.6) is 0 Å². The third kappa shape index (κ3) is 2.68. The van der Waals surface area contributed by atoms with Crippen LogP contribution in [0.25, 0.3) is 0 Å². The highest BCUT2D eigenvalue weighted by Crippen LogP contribution is 2.17. The van der Waals surface area contributed by atoms with E-state index in [2.05, 4.69) is 48.6 Å². The van der Waals surface area contributed by atoms with Gasteiger partial charge in [0.15, 0.2) is 0 Å². The maximum atomic E-state index is 4.17. The number of nitrogens with zero attached hydrogens (tertiary/aromatic N) is 2. The van der Waals surface area contributed by atoms with Gasteiger partial charge in [-0.25, -0.2) is 4.98 Å². The molecule has 0 aliphatic rings. The first-order valence-corrected chi connectivity index (χ1v) is 5.86. The molecule has 1 aromatic carbocycles. The van der Waals surface area contributed by atoms with E-state index in [-0.39, 0.29) is 6.04 Å². The molecular formula is C11H13BrN4. The van der Waals surface area contributed by atoms with Crippen molar-refractivity contribution >= 4 is 15.9 Å². The zero-order valence-corrected chi connectivity index (χ0v) is 10.5. The first-order valence-electron chi connectivity index (χ1n) is 5.06. The van der Waals surface area contributed by atoms with E-state index in [1.807, 2.05) is 19.2 Å². The Labute approximate surface area is 103 Å². The zero-order chi connectivity index (χ0) is 11.4. The van der Waals surface area contributed by atoms with E-state index < -0.39 is 0 Å². The summed E-state index contributed by atoms with van der Waals surface area (Å²) >= 11 is 3.47. The van der Waals surface area contributed by atoms with Gasteiger partial charge in [-0.05, 0) is 31.2 Å². The van der Waals surface area contributed by atoms with Gasteiger partial charge in [-0.1, -0.05) is 28.1 Å². The summed E-state index contributed by atoms with van der Waals surface area (Å²) in [7, 11) is 1.92. The summed E-state index contributed by atoms with van der Waals surface area (Å²) in [6, 6.07) is 8.43. The zero-order valence-electron chi connectivity index (χ0n) is 8.94. The largest absolute Gasteiger partial charge is 0.310 e. The fourth-order valence-electron chi connectivity index (χ4n) is 1.62. The number of nitrogens with one attached hydrogen (secondary N) is 2. The van der Waals surface area contributed by atoms with Crippen molar-refractivity contribution in [1.82, 2.24) is 20.5 Å². The molecule has 0 aliphatic heterocycles. The highest BCUT2D eigenvalue weighted by molar-refractivity contribution is 9.10. The number of halogens is 1. The second-order valence-corrected chi connectivity index (χ2v) is 4.46. The molecule has 84 valence electrons. The van der Waals surface area contributed by atoms with Gasteiger partial charge in [0.1, 0.15) is 12.2 Å². The molecule has 2 rings (SSSR count). The molecule has 1 heterocycles. The second kappa shape index (κ2) is 5.23. The smallest absolute Gasteiger partial charge is 0.141 e. The van der Waals surface area contributed by atoms with Gasteiger partial charge >= 0.3 is 0 Å². The Hall–Kier alpha value is -1.20. The monoisotopic (exact) mass is 280 g/mol. The molecule has 2 aromatic rings. The predicted octanol–water partition coefficient (Wildman–Crippen LogP) is 2.07. The molecule has 0 radical (unpaired) electrons. The number of rotatable bonds is 4. The Balaban J connectivity index is 2.13. The minimum Gasteiger partial charge on any atom is -0.310 e. The first kappa shape index (κ1) is 11.3. The molecule has 4 nitrogen and oxygen atoms in total. The van der Waals surface area contributed by atoms with Gasteiger partial charge in [0.2, 0.25) is 0 Å². The number of aromatic amines is 1. The molecule has 2 N–H and O–H groups in total. The lowest BCUT2D eigenvalue weighted by atomic mass is 10.1. The average molecular weight is 281 g/mol. The van der Waals surface area contributed by atoms with Gasteiger partial charge in [-0.15, -0.1) is 0 Å². The molecule has 16 heavy (non-hydrogen) atoms. The summed E-state index contributed by atoms with van der Waals surface area (Å²) in [6.07, 6.45) is 2.41. The van der Waals surface area contributed by atoms with Gasteiger partial charge in [0, 0.05) is 4.47 Å². The van der Waals surface area contributed by atoms with Crippen molar-refractivity contribution in [3.8, 4) is 0 Å². The molecular weight excluding hydrogens is 268 g/mol. The van der Waals surface area contributed by atoms with Crippen molar-refractivity contribution < 1.29 is 0 Å². The molecule has 1 unspecified atom stereocenters. The van der Waals surface area contributed by atoms with Crippen molar-refractivity contribution in [2.45, 2.75) is 12.5 Å². The molecule has 0 bridgehead atoms. The third-order valence-electron chi connectivity index (χ3n) is 2.44. The Morgan fingerprint density at radius 3 is 3.00 bits per heavy atom. The number of hydrogen-bond donors (Lipinski definition) is 2. The Bertz CT molecular complexity index is 441. The van der Waals surface area contributed by atoms with Gasteiger partial charge < -0.3 is 5.32 Å². The van der Waals surface area contributed by atoms with E-state index in [1.54, 1.807) is 0 Å². The summed E-state index contributed by atoms with van der Waals surface area (Å²) in [5.74, 6) is 0.863. The van der Waals surface area contributed by atoms with Crippen LogP contribution < -0.4 is 5.32 Å². The van der Waals surface area contributed by atoms with E-state index in [0.717, 1.165) is 16.7 Å². The van der Waals surface area contributed by atoms with E-state index in [4.69, 9.17) is 0 Å². The number of hydrogen-bond acceptors (Lipinski definition) is 3. The Morgan fingerprint density at radius 2 is 2.38 bits per heavy atom. The SMILES string of the molecule is CNC(Cc1cccc(Br)c1)c1ncn[nH]1. The lowest BCUT2D eigenvalue weighted by Gasteiger charge is -2.13. The standard InChI is InChI=1S/C11H13BrN4/c1-13-10(11-14-7-15-16-11)6-8-3-2-4-9(12)5-8/h2-5,7,10,13H,6H2,1H3,(H,14,15,16). The van der Waals surface area contributed by atoms with Gasteiger partial charge in [-0.3, -0.25) is 5.10 Å². The van der Waals surface area contributed by atoms with Crippen LogP contribution in [0.15, 0.2) is 35.1 Å². The molecule has 0 spiro atoms. The van der Waals surface area contributed by atoms with Gasteiger partial charge in [0.05, 0.1) is 6.04 Å². The predicted molar refractivity (Wildman–Crippen MR) is 66.0 cm³/mol. The number of likely N-dealkylation sites (N-methyl/N-ethyl adjacent to an activating group) is 1. The van der Waals surface area contributed by atoms with Gasteiger partial charge in [0.25, 0.3) is 0 Å². The number of H-pyrrole nitrogens is 1. The second-order valence-electron chi connectivity index (χ2n) is 3.55. The average Bonchev–Trinajstić information content (AvgIpc) is 2.79. The minimum absolute atomic E-state index is 0.164. The summed E-state index contributed by atoms with van der Waals surface area (Å²) < 4.78 is 1.09.